The van der Waals surface area contributed by atoms with Crippen molar-refractivity contribution in [1.29, 1.82) is 0 Å². The summed E-state index contributed by atoms with van der Waals surface area (Å²) >= 11 is 0. The Labute approximate surface area is 149 Å². The minimum absolute atomic E-state index is 0. The molecule has 0 aliphatic carbocycles. The van der Waals surface area contributed by atoms with Gasteiger partial charge in [0.25, 0.3) is 0 Å². The quantitative estimate of drug-likeness (QED) is 0.440. The number of rotatable bonds is 0. The Kier molecular flexibility index (Phi) is 151. The summed E-state index contributed by atoms with van der Waals surface area (Å²) in [6.45, 7) is 0. The Morgan fingerprint density at radius 2 is 1.00 bits per heavy atom. The maximum absolute atomic E-state index is 0. The van der Waals surface area contributed by atoms with Crippen molar-refractivity contribution in [3.8, 4) is 0 Å². The molecule has 0 radical (unpaired) electrons. The largest absolute Gasteiger partial charge is 2.00 e. The van der Waals surface area contributed by atoms with E-state index in [2.05, 4.69) is 0 Å². The van der Waals surface area contributed by atoms with Gasteiger partial charge in [0.1, 0.15) is 0 Å². The van der Waals surface area contributed by atoms with Crippen molar-refractivity contribution in [3.05, 3.63) is 0 Å². The monoisotopic (exact) mass is 458 g/mol. The van der Waals surface area contributed by atoms with Crippen molar-refractivity contribution < 1.29 is 104 Å². The smallest absolute Gasteiger partial charge is 1.00 e. The summed E-state index contributed by atoms with van der Waals surface area (Å²) in [5.74, 6) is 0. The molecule has 0 saturated carbocycles. The van der Waals surface area contributed by atoms with E-state index in [1.54, 1.807) is 0 Å². The molecule has 5 heteroatoms. The van der Waals surface area contributed by atoms with Crippen molar-refractivity contribution >= 4 is 48.9 Å². The van der Waals surface area contributed by atoms with Gasteiger partial charge in [-0.2, -0.15) is 0 Å². The van der Waals surface area contributed by atoms with Gasteiger partial charge in [0.05, 0.1) is 0 Å². The van der Waals surface area contributed by atoms with E-state index in [1.165, 1.54) is 0 Å². The van der Waals surface area contributed by atoms with Gasteiger partial charge in [-0.3, -0.25) is 0 Å². The third-order valence-electron chi connectivity index (χ3n) is 0. The van der Waals surface area contributed by atoms with E-state index >= 15 is 0 Å². The maximum Gasteiger partial charge on any atom is 2.00 e. The van der Waals surface area contributed by atoms with Gasteiger partial charge in [0, 0.05) is 102 Å². The molecule has 0 N–H and O–H groups in total. The molecular weight excluding hydrogens is 460 g/mol. The number of hydrogen-bond acceptors (Lipinski definition) is 0. The van der Waals surface area contributed by atoms with E-state index < -0.39 is 0 Å². The van der Waals surface area contributed by atoms with Crippen molar-refractivity contribution in [3.63, 3.8) is 0 Å². The fourth-order valence-corrected chi connectivity index (χ4v) is 0. The Morgan fingerprint density at radius 1 is 1.00 bits per heavy atom. The molecule has 0 saturated heterocycles. The van der Waals surface area contributed by atoms with E-state index in [4.69, 9.17) is 0 Å². The molecule has 0 aliphatic heterocycles. The second-order valence-corrected chi connectivity index (χ2v) is 0. The SMILES string of the molecule is [Ba+2].[H-].[H-].[Nd].[Ti].[Zn].[Zn]. The summed E-state index contributed by atoms with van der Waals surface area (Å²) < 4.78 is 0. The van der Waals surface area contributed by atoms with Crippen LogP contribution in [0.3, 0.4) is 0 Å². The van der Waals surface area contributed by atoms with E-state index in [0.717, 1.165) is 0 Å². The Balaban J connectivity index is 0. The van der Waals surface area contributed by atoms with Gasteiger partial charge >= 0.3 is 48.9 Å². The molecule has 0 fully saturated rings. The molecule has 0 heterocycles. The van der Waals surface area contributed by atoms with Crippen molar-refractivity contribution in [2.75, 3.05) is 0 Å². The minimum Gasteiger partial charge on any atom is -1.00 e. The predicted molar refractivity (Wildman–Crippen MR) is 7.98 cm³/mol. The zero-order chi connectivity index (χ0) is 0. The molecule has 0 bridgehead atoms. The van der Waals surface area contributed by atoms with Crippen LogP contribution >= 0.6 is 0 Å². The first kappa shape index (κ1) is 32.7. The van der Waals surface area contributed by atoms with E-state index in [-0.39, 0.29) is 153 Å². The number of hydrogen-bond donors (Lipinski definition) is 0. The fourth-order valence-electron chi connectivity index (χ4n) is 0. The third-order valence-corrected chi connectivity index (χ3v) is 0. The minimum atomic E-state index is 0. The zero-order valence-corrected chi connectivity index (χ0v) is 18.3. The van der Waals surface area contributed by atoms with Gasteiger partial charge < -0.3 is 2.85 Å². The third kappa shape index (κ3) is 17.6. The summed E-state index contributed by atoms with van der Waals surface area (Å²) in [5.41, 5.74) is 0. The Hall–Kier alpha value is 4.88. The van der Waals surface area contributed by atoms with Gasteiger partial charge in [-0.05, 0) is 0 Å². The maximum atomic E-state index is 0. The molecule has 0 aromatic heterocycles. The summed E-state index contributed by atoms with van der Waals surface area (Å²) in [7, 11) is 0. The summed E-state index contributed by atoms with van der Waals surface area (Å²) in [5, 5.41) is 0. The second-order valence-electron chi connectivity index (χ2n) is 0. The Bertz CT molecular complexity index is 15.7. The van der Waals surface area contributed by atoms with Crippen LogP contribution in [0.25, 0.3) is 0 Å². The molecule has 0 unspecified atom stereocenters. The Morgan fingerprint density at radius 3 is 1.00 bits per heavy atom. The van der Waals surface area contributed by atoms with E-state index in [0.29, 0.717) is 0 Å². The van der Waals surface area contributed by atoms with Gasteiger partial charge in [-0.15, -0.1) is 0 Å². The van der Waals surface area contributed by atoms with Crippen LogP contribution in [0.15, 0.2) is 0 Å². The van der Waals surface area contributed by atoms with Crippen molar-refractivity contribution in [1.82, 2.24) is 0 Å². The molecule has 0 aliphatic rings. The average molecular weight is 462 g/mol. The molecule has 0 rings (SSSR count). The molecule has 0 amide bonds. The van der Waals surface area contributed by atoms with E-state index in [1.807, 2.05) is 0 Å². The van der Waals surface area contributed by atoms with Crippen LogP contribution in [0.1, 0.15) is 2.85 Å². The topological polar surface area (TPSA) is 0 Å². The van der Waals surface area contributed by atoms with Crippen LogP contribution in [-0.2, 0) is 60.7 Å². The molecule has 0 aromatic carbocycles. The van der Waals surface area contributed by atoms with Crippen LogP contribution in [0, 0.1) is 40.8 Å². The molecule has 16 valence electrons. The van der Waals surface area contributed by atoms with Gasteiger partial charge in [-0.1, -0.05) is 0 Å². The van der Waals surface area contributed by atoms with Gasteiger partial charge in [0.15, 0.2) is 0 Å². The zero-order valence-electron chi connectivity index (χ0n) is 5.12. The van der Waals surface area contributed by atoms with Crippen LogP contribution in [0.2, 0.25) is 0 Å². The summed E-state index contributed by atoms with van der Waals surface area (Å²) in [6, 6.07) is 0. The fraction of sp³-hybridized carbons (Fsp3) is 0. The van der Waals surface area contributed by atoms with Gasteiger partial charge in [0.2, 0.25) is 0 Å². The second kappa shape index (κ2) is 23.2. The first-order valence-electron chi connectivity index (χ1n) is 0. The molecule has 0 aromatic rings. The van der Waals surface area contributed by atoms with Crippen LogP contribution < -0.4 is 0 Å². The standard InChI is InChI=1S/Ba.Nd.Ti.2Zn.2H/q+2;;;;;2*-1. The van der Waals surface area contributed by atoms with E-state index in [9.17, 15) is 0 Å². The molecule has 0 nitrogen and oxygen atoms in total. The van der Waals surface area contributed by atoms with Crippen molar-refractivity contribution in [2.24, 2.45) is 0 Å². The van der Waals surface area contributed by atoms with Gasteiger partial charge in [-0.25, -0.2) is 0 Å². The van der Waals surface area contributed by atoms with Crippen LogP contribution in [0.4, 0.5) is 0 Å². The average Bonchev–Trinajstić information content (AvgIpc) is 0. The molecular formula is H2BaNdTiZn2. The first-order valence-corrected chi connectivity index (χ1v) is 0. The van der Waals surface area contributed by atoms with Crippen LogP contribution in [0.5, 0.6) is 0 Å². The summed E-state index contributed by atoms with van der Waals surface area (Å²) in [6.07, 6.45) is 0. The summed E-state index contributed by atoms with van der Waals surface area (Å²) in [4.78, 5) is 0. The van der Waals surface area contributed by atoms with Crippen LogP contribution in [-0.4, -0.2) is 48.9 Å². The predicted octanol–water partition coefficient (Wildman–Crippen LogP) is -0.163. The molecule has 0 atom stereocenters. The first-order chi connectivity index (χ1) is 0. The molecule has 5 heavy (non-hydrogen) atoms. The molecule has 0 spiro atoms. The van der Waals surface area contributed by atoms with Crippen molar-refractivity contribution in [2.45, 2.75) is 0 Å². The normalized spacial score (nSPS) is 0.